The molecular weight excluding hydrogens is 119 g/mol. The molecule has 1 aliphatic rings. The van der Waals surface area contributed by atoms with Gasteiger partial charge in [-0.3, -0.25) is 0 Å². The molecule has 0 aliphatic heterocycles. The molecule has 2 heteroatoms. The Morgan fingerprint density at radius 3 is 2.22 bits per heavy atom. The highest BCUT2D eigenvalue weighted by atomic mass is 19.1. The van der Waals surface area contributed by atoms with E-state index in [-0.39, 0.29) is 0 Å². The summed E-state index contributed by atoms with van der Waals surface area (Å²) >= 11 is 0. The summed E-state index contributed by atoms with van der Waals surface area (Å²) in [4.78, 5) is 0. The van der Waals surface area contributed by atoms with E-state index in [0.717, 1.165) is 0 Å². The van der Waals surface area contributed by atoms with E-state index in [9.17, 15) is 4.39 Å². The summed E-state index contributed by atoms with van der Waals surface area (Å²) in [5.41, 5.74) is -1.36. The van der Waals surface area contributed by atoms with E-state index in [0.29, 0.717) is 0 Å². The van der Waals surface area contributed by atoms with Gasteiger partial charge in [0.25, 0.3) is 0 Å². The third-order valence-electron chi connectivity index (χ3n) is 1.24. The van der Waals surface area contributed by atoms with Gasteiger partial charge in [0.05, 0.1) is 6.10 Å². The number of allylic oxidation sites excluding steroid dienone is 2. The van der Waals surface area contributed by atoms with Crippen LogP contribution in [0, 0.1) is 0 Å². The van der Waals surface area contributed by atoms with Gasteiger partial charge in [0.2, 0.25) is 0 Å². The lowest BCUT2D eigenvalue weighted by atomic mass is 10.0. The molecular formula is C7H9FO. The molecule has 0 atom stereocenters. The highest BCUT2D eigenvalue weighted by Crippen LogP contribution is 2.18. The number of rotatable bonds is 0. The van der Waals surface area contributed by atoms with Crippen LogP contribution in [0.25, 0.3) is 0 Å². The SMILES string of the molecule is CC1(F)C=CC(O)C=C1. The predicted octanol–water partition coefficient (Wildman–Crippen LogP) is 1.20. The summed E-state index contributed by atoms with van der Waals surface area (Å²) in [6, 6.07) is 0. The van der Waals surface area contributed by atoms with Gasteiger partial charge in [-0.15, -0.1) is 0 Å². The second-order valence-corrected chi connectivity index (χ2v) is 2.36. The van der Waals surface area contributed by atoms with Crippen molar-refractivity contribution >= 4 is 0 Å². The Balaban J connectivity index is 2.70. The Kier molecular flexibility index (Phi) is 1.41. The molecule has 0 fully saturated rings. The van der Waals surface area contributed by atoms with Crippen LogP contribution in [-0.4, -0.2) is 16.9 Å². The van der Waals surface area contributed by atoms with E-state index in [1.54, 1.807) is 0 Å². The van der Waals surface area contributed by atoms with E-state index in [4.69, 9.17) is 5.11 Å². The average molecular weight is 128 g/mol. The molecule has 0 saturated carbocycles. The Morgan fingerprint density at radius 1 is 1.44 bits per heavy atom. The number of halogens is 1. The molecule has 0 aromatic heterocycles. The van der Waals surface area contributed by atoms with Crippen molar-refractivity contribution in [3.8, 4) is 0 Å². The van der Waals surface area contributed by atoms with Crippen LogP contribution in [0.4, 0.5) is 4.39 Å². The summed E-state index contributed by atoms with van der Waals surface area (Å²) < 4.78 is 12.8. The monoisotopic (exact) mass is 128 g/mol. The Labute approximate surface area is 53.5 Å². The quantitative estimate of drug-likeness (QED) is 0.486. The first kappa shape index (κ1) is 6.49. The lowest BCUT2D eigenvalue weighted by Crippen LogP contribution is -2.16. The van der Waals surface area contributed by atoms with Crippen LogP contribution in [0.1, 0.15) is 6.92 Å². The van der Waals surface area contributed by atoms with Crippen molar-refractivity contribution in [3.63, 3.8) is 0 Å². The fourth-order valence-corrected chi connectivity index (χ4v) is 0.693. The molecule has 0 bridgehead atoms. The molecule has 9 heavy (non-hydrogen) atoms. The Bertz CT molecular complexity index is 142. The lowest BCUT2D eigenvalue weighted by Gasteiger charge is -2.15. The summed E-state index contributed by atoms with van der Waals surface area (Å²) in [6.07, 6.45) is 4.95. The van der Waals surface area contributed by atoms with Crippen LogP contribution >= 0.6 is 0 Å². The van der Waals surface area contributed by atoms with E-state index in [1.165, 1.54) is 31.2 Å². The number of alkyl halides is 1. The van der Waals surface area contributed by atoms with Crippen LogP contribution in [0.15, 0.2) is 24.3 Å². The van der Waals surface area contributed by atoms with Crippen LogP contribution in [0.5, 0.6) is 0 Å². The first-order valence-corrected chi connectivity index (χ1v) is 2.86. The molecule has 1 rings (SSSR count). The predicted molar refractivity (Wildman–Crippen MR) is 33.8 cm³/mol. The van der Waals surface area contributed by atoms with E-state index in [2.05, 4.69) is 0 Å². The van der Waals surface area contributed by atoms with Crippen molar-refractivity contribution in [1.82, 2.24) is 0 Å². The van der Waals surface area contributed by atoms with E-state index < -0.39 is 11.8 Å². The van der Waals surface area contributed by atoms with Gasteiger partial charge in [-0.25, -0.2) is 4.39 Å². The molecule has 0 spiro atoms. The number of hydrogen-bond acceptors (Lipinski definition) is 1. The van der Waals surface area contributed by atoms with Crippen molar-refractivity contribution in [2.45, 2.75) is 18.7 Å². The van der Waals surface area contributed by atoms with Gasteiger partial charge in [0, 0.05) is 0 Å². The summed E-state index contributed by atoms with van der Waals surface area (Å²) in [6.45, 7) is 1.44. The maximum atomic E-state index is 12.8. The molecule has 0 amide bonds. The van der Waals surface area contributed by atoms with Crippen molar-refractivity contribution in [2.24, 2.45) is 0 Å². The van der Waals surface area contributed by atoms with Crippen molar-refractivity contribution in [3.05, 3.63) is 24.3 Å². The van der Waals surface area contributed by atoms with Crippen molar-refractivity contribution in [2.75, 3.05) is 0 Å². The van der Waals surface area contributed by atoms with Crippen LogP contribution in [0.2, 0.25) is 0 Å². The number of aliphatic hydroxyl groups excluding tert-OH is 1. The van der Waals surface area contributed by atoms with Gasteiger partial charge < -0.3 is 5.11 Å². The molecule has 1 nitrogen and oxygen atoms in total. The number of aliphatic hydroxyl groups is 1. The summed E-state index contributed by atoms with van der Waals surface area (Å²) in [5.74, 6) is 0. The first-order valence-electron chi connectivity index (χ1n) is 2.86. The zero-order valence-electron chi connectivity index (χ0n) is 5.21. The van der Waals surface area contributed by atoms with Gasteiger partial charge in [-0.1, -0.05) is 12.2 Å². The van der Waals surface area contributed by atoms with Crippen molar-refractivity contribution < 1.29 is 9.50 Å². The second kappa shape index (κ2) is 1.95. The minimum absolute atomic E-state index is 0.603. The second-order valence-electron chi connectivity index (χ2n) is 2.36. The van der Waals surface area contributed by atoms with Gasteiger partial charge in [0.1, 0.15) is 5.67 Å². The molecule has 0 heterocycles. The van der Waals surface area contributed by atoms with Crippen LogP contribution < -0.4 is 0 Å². The Hall–Kier alpha value is -0.630. The highest BCUT2D eigenvalue weighted by molar-refractivity contribution is 5.21. The summed E-state index contributed by atoms with van der Waals surface area (Å²) in [5, 5.41) is 8.80. The fourth-order valence-electron chi connectivity index (χ4n) is 0.693. The standard InChI is InChI=1S/C7H9FO/c1-7(8)4-2-6(9)3-5-7/h2-6,9H,1H3. The molecule has 50 valence electrons. The summed E-state index contributed by atoms with van der Waals surface area (Å²) in [7, 11) is 0. The van der Waals surface area contributed by atoms with Gasteiger partial charge in [-0.05, 0) is 19.1 Å². The van der Waals surface area contributed by atoms with Crippen LogP contribution in [0.3, 0.4) is 0 Å². The van der Waals surface area contributed by atoms with Gasteiger partial charge in [-0.2, -0.15) is 0 Å². The minimum Gasteiger partial charge on any atom is -0.385 e. The molecule has 0 aromatic rings. The van der Waals surface area contributed by atoms with Crippen molar-refractivity contribution in [1.29, 1.82) is 0 Å². The molecule has 0 saturated heterocycles. The van der Waals surface area contributed by atoms with Gasteiger partial charge >= 0.3 is 0 Å². The highest BCUT2D eigenvalue weighted by Gasteiger charge is 2.17. The zero-order valence-corrected chi connectivity index (χ0v) is 5.21. The molecule has 0 radical (unpaired) electrons. The largest absolute Gasteiger partial charge is 0.385 e. The fraction of sp³-hybridized carbons (Fsp3) is 0.429. The van der Waals surface area contributed by atoms with E-state index in [1.807, 2.05) is 0 Å². The molecule has 1 aliphatic carbocycles. The van der Waals surface area contributed by atoms with Gasteiger partial charge in [0.15, 0.2) is 0 Å². The molecule has 0 aromatic carbocycles. The third-order valence-corrected chi connectivity index (χ3v) is 1.24. The maximum Gasteiger partial charge on any atom is 0.144 e. The van der Waals surface area contributed by atoms with E-state index >= 15 is 0 Å². The third kappa shape index (κ3) is 1.64. The topological polar surface area (TPSA) is 20.2 Å². The normalized spacial score (nSPS) is 41.4. The minimum atomic E-state index is -1.36. The molecule has 0 unspecified atom stereocenters. The average Bonchev–Trinajstić information content (AvgIpc) is 1.78. The molecule has 1 N–H and O–H groups in total. The maximum absolute atomic E-state index is 12.8. The first-order chi connectivity index (χ1) is 4.10. The smallest absolute Gasteiger partial charge is 0.144 e. The lowest BCUT2D eigenvalue weighted by molar-refractivity contribution is 0.252. The zero-order chi connectivity index (χ0) is 6.91. The number of hydrogen-bond donors (Lipinski definition) is 1. The Morgan fingerprint density at radius 2 is 1.89 bits per heavy atom. The van der Waals surface area contributed by atoms with Crippen LogP contribution in [-0.2, 0) is 0 Å².